The zero-order valence-corrected chi connectivity index (χ0v) is 13.5. The summed E-state index contributed by atoms with van der Waals surface area (Å²) in [6.45, 7) is 4.58. The van der Waals surface area contributed by atoms with Gasteiger partial charge in [-0.15, -0.1) is 11.3 Å². The summed E-state index contributed by atoms with van der Waals surface area (Å²) in [7, 11) is 0. The van der Waals surface area contributed by atoms with Gasteiger partial charge in [-0.25, -0.2) is 0 Å². The maximum Gasteiger partial charge on any atom is 0.265 e. The minimum Gasteiger partial charge on any atom is -0.321 e. The van der Waals surface area contributed by atoms with Crippen LogP contribution in [0.1, 0.15) is 34.1 Å². The van der Waals surface area contributed by atoms with Crippen molar-refractivity contribution in [1.29, 1.82) is 0 Å². The van der Waals surface area contributed by atoms with E-state index in [-0.39, 0.29) is 11.8 Å². The maximum atomic E-state index is 12.3. The van der Waals surface area contributed by atoms with Crippen molar-refractivity contribution in [2.45, 2.75) is 26.7 Å². The normalized spacial score (nSPS) is 13.9. The van der Waals surface area contributed by atoms with Crippen LogP contribution in [0.4, 0.5) is 11.4 Å². The Hall–Kier alpha value is -2.14. The third-order valence-corrected chi connectivity index (χ3v) is 4.94. The summed E-state index contributed by atoms with van der Waals surface area (Å²) >= 11 is 1.45. The van der Waals surface area contributed by atoms with E-state index in [4.69, 9.17) is 0 Å². The van der Waals surface area contributed by atoms with Crippen molar-refractivity contribution in [3.8, 4) is 0 Å². The van der Waals surface area contributed by atoms with E-state index in [1.165, 1.54) is 11.3 Å². The lowest BCUT2D eigenvalue weighted by Crippen LogP contribution is -2.34. The van der Waals surface area contributed by atoms with Crippen molar-refractivity contribution in [2.24, 2.45) is 0 Å². The molecule has 1 N–H and O–H groups in total. The van der Waals surface area contributed by atoms with E-state index in [0.29, 0.717) is 13.0 Å². The highest BCUT2D eigenvalue weighted by atomic mass is 32.1. The fraction of sp³-hybridized carbons (Fsp3) is 0.294. The number of amides is 2. The Kier molecular flexibility index (Phi) is 3.98. The predicted octanol–water partition coefficient (Wildman–Crippen LogP) is 3.61. The Morgan fingerprint density at radius 2 is 2.14 bits per heavy atom. The SMILES string of the molecule is CCN1C(=O)CCc2cc(NC(=O)c3sccc3C)ccc21. The predicted molar refractivity (Wildman–Crippen MR) is 89.8 cm³/mol. The molecule has 2 aromatic rings. The Bertz CT molecular complexity index is 736. The molecule has 1 aliphatic rings. The molecule has 0 aliphatic carbocycles. The Balaban J connectivity index is 1.84. The number of carbonyl (C=O) groups excluding carboxylic acids is 2. The van der Waals surface area contributed by atoms with Crippen LogP contribution in [0.15, 0.2) is 29.6 Å². The standard InChI is InChI=1S/C17H18N2O2S/c1-3-19-14-6-5-13(10-12(14)4-7-15(19)20)18-17(21)16-11(2)8-9-22-16/h5-6,8-10H,3-4,7H2,1-2H3,(H,18,21). The molecule has 0 saturated heterocycles. The van der Waals surface area contributed by atoms with E-state index in [1.54, 1.807) is 4.90 Å². The van der Waals surface area contributed by atoms with E-state index in [2.05, 4.69) is 5.32 Å². The van der Waals surface area contributed by atoms with Crippen LogP contribution >= 0.6 is 11.3 Å². The number of hydrogen-bond acceptors (Lipinski definition) is 3. The zero-order chi connectivity index (χ0) is 15.7. The Morgan fingerprint density at radius 3 is 2.82 bits per heavy atom. The first-order chi connectivity index (χ1) is 10.6. The largest absolute Gasteiger partial charge is 0.321 e. The van der Waals surface area contributed by atoms with Gasteiger partial charge in [-0.05, 0) is 61.0 Å². The number of rotatable bonds is 3. The highest BCUT2D eigenvalue weighted by Gasteiger charge is 2.23. The summed E-state index contributed by atoms with van der Waals surface area (Å²) in [4.78, 5) is 26.7. The lowest BCUT2D eigenvalue weighted by molar-refractivity contribution is -0.118. The van der Waals surface area contributed by atoms with Crippen molar-refractivity contribution in [3.05, 3.63) is 45.6 Å². The molecule has 2 amide bonds. The van der Waals surface area contributed by atoms with Crippen LogP contribution in [0, 0.1) is 6.92 Å². The molecule has 5 heteroatoms. The van der Waals surface area contributed by atoms with Crippen LogP contribution in [-0.2, 0) is 11.2 Å². The van der Waals surface area contributed by atoms with Gasteiger partial charge in [0.1, 0.15) is 0 Å². The fourth-order valence-electron chi connectivity index (χ4n) is 2.78. The van der Waals surface area contributed by atoms with Crippen LogP contribution < -0.4 is 10.2 Å². The van der Waals surface area contributed by atoms with Crippen LogP contribution in [-0.4, -0.2) is 18.4 Å². The molecule has 0 fully saturated rings. The molecule has 22 heavy (non-hydrogen) atoms. The van der Waals surface area contributed by atoms with Gasteiger partial charge >= 0.3 is 0 Å². The van der Waals surface area contributed by atoms with Crippen LogP contribution in [0.25, 0.3) is 0 Å². The smallest absolute Gasteiger partial charge is 0.265 e. The van der Waals surface area contributed by atoms with Gasteiger partial charge in [0, 0.05) is 24.3 Å². The average molecular weight is 314 g/mol. The molecule has 114 valence electrons. The summed E-state index contributed by atoms with van der Waals surface area (Å²) in [6, 6.07) is 7.70. The van der Waals surface area contributed by atoms with E-state index >= 15 is 0 Å². The number of anilines is 2. The number of fused-ring (bicyclic) bond motifs is 1. The fourth-order valence-corrected chi connectivity index (χ4v) is 3.60. The molecule has 1 aromatic carbocycles. The lowest BCUT2D eigenvalue weighted by Gasteiger charge is -2.28. The van der Waals surface area contributed by atoms with Crippen molar-refractivity contribution in [3.63, 3.8) is 0 Å². The molecule has 1 aromatic heterocycles. The summed E-state index contributed by atoms with van der Waals surface area (Å²) in [5.41, 5.74) is 3.84. The molecule has 0 saturated carbocycles. The molecule has 0 atom stereocenters. The van der Waals surface area contributed by atoms with Gasteiger partial charge in [0.2, 0.25) is 5.91 Å². The summed E-state index contributed by atoms with van der Waals surface area (Å²) in [5.74, 6) is 0.0904. The topological polar surface area (TPSA) is 49.4 Å². The summed E-state index contributed by atoms with van der Waals surface area (Å²) in [6.07, 6.45) is 1.26. The van der Waals surface area contributed by atoms with Gasteiger partial charge < -0.3 is 10.2 Å². The highest BCUT2D eigenvalue weighted by Crippen LogP contribution is 2.30. The van der Waals surface area contributed by atoms with E-state index in [0.717, 1.165) is 33.8 Å². The Labute approximate surface area is 133 Å². The summed E-state index contributed by atoms with van der Waals surface area (Å²) in [5, 5.41) is 4.87. The van der Waals surface area contributed by atoms with E-state index in [9.17, 15) is 9.59 Å². The molecule has 4 nitrogen and oxygen atoms in total. The monoisotopic (exact) mass is 314 g/mol. The molecule has 2 heterocycles. The van der Waals surface area contributed by atoms with Gasteiger partial charge in [0.15, 0.2) is 0 Å². The molecule has 1 aliphatic heterocycles. The molecule has 0 unspecified atom stereocenters. The van der Waals surface area contributed by atoms with Gasteiger partial charge in [-0.3, -0.25) is 9.59 Å². The first-order valence-corrected chi connectivity index (χ1v) is 8.27. The minimum atomic E-state index is -0.0771. The first kappa shape index (κ1) is 14.8. The molecular formula is C17H18N2O2S. The second-order valence-corrected chi connectivity index (χ2v) is 6.28. The second-order valence-electron chi connectivity index (χ2n) is 5.37. The number of carbonyl (C=O) groups is 2. The second kappa shape index (κ2) is 5.93. The highest BCUT2D eigenvalue weighted by molar-refractivity contribution is 7.12. The maximum absolute atomic E-state index is 12.3. The van der Waals surface area contributed by atoms with Crippen molar-refractivity contribution in [2.75, 3.05) is 16.8 Å². The van der Waals surface area contributed by atoms with E-state index < -0.39 is 0 Å². The number of nitrogens with zero attached hydrogens (tertiary/aromatic N) is 1. The molecular weight excluding hydrogens is 296 g/mol. The van der Waals surface area contributed by atoms with Crippen molar-refractivity contribution < 1.29 is 9.59 Å². The van der Waals surface area contributed by atoms with Crippen molar-refractivity contribution in [1.82, 2.24) is 0 Å². The van der Waals surface area contributed by atoms with Crippen LogP contribution in [0.5, 0.6) is 0 Å². The minimum absolute atomic E-state index is 0.0771. The lowest BCUT2D eigenvalue weighted by atomic mass is 10.0. The third-order valence-electron chi connectivity index (χ3n) is 3.92. The van der Waals surface area contributed by atoms with Gasteiger partial charge in [-0.1, -0.05) is 0 Å². The number of nitrogens with one attached hydrogen (secondary N) is 1. The average Bonchev–Trinajstić information content (AvgIpc) is 2.93. The van der Waals surface area contributed by atoms with Gasteiger partial charge in [-0.2, -0.15) is 0 Å². The number of hydrogen-bond donors (Lipinski definition) is 1. The van der Waals surface area contributed by atoms with Crippen LogP contribution in [0.2, 0.25) is 0 Å². The molecule has 3 rings (SSSR count). The molecule has 0 spiro atoms. The van der Waals surface area contributed by atoms with Gasteiger partial charge in [0.25, 0.3) is 5.91 Å². The van der Waals surface area contributed by atoms with E-state index in [1.807, 2.05) is 43.5 Å². The summed E-state index contributed by atoms with van der Waals surface area (Å²) < 4.78 is 0. The third kappa shape index (κ3) is 2.64. The zero-order valence-electron chi connectivity index (χ0n) is 12.7. The molecule has 0 bridgehead atoms. The first-order valence-electron chi connectivity index (χ1n) is 7.39. The number of thiophene rings is 1. The Morgan fingerprint density at radius 1 is 1.32 bits per heavy atom. The van der Waals surface area contributed by atoms with Crippen LogP contribution in [0.3, 0.4) is 0 Å². The number of benzene rings is 1. The molecule has 0 radical (unpaired) electrons. The number of aryl methyl sites for hydroxylation is 2. The quantitative estimate of drug-likeness (QED) is 0.941. The van der Waals surface area contributed by atoms with Gasteiger partial charge in [0.05, 0.1) is 4.88 Å². The van der Waals surface area contributed by atoms with Crippen molar-refractivity contribution >= 4 is 34.5 Å².